The minimum Gasteiger partial charge on any atom is -0.508 e. The zero-order valence-electron chi connectivity index (χ0n) is 11.3. The molecular weight excluding hydrogens is 242 g/mol. The fourth-order valence-corrected chi connectivity index (χ4v) is 2.56. The molecule has 0 aromatic heterocycles. The van der Waals surface area contributed by atoms with Gasteiger partial charge in [0.25, 0.3) is 0 Å². The van der Waals surface area contributed by atoms with Gasteiger partial charge in [-0.3, -0.25) is 9.69 Å². The van der Waals surface area contributed by atoms with Crippen molar-refractivity contribution in [3.05, 3.63) is 29.8 Å². The monoisotopic (exact) mass is 263 g/mol. The molecule has 4 heteroatoms. The van der Waals surface area contributed by atoms with E-state index in [9.17, 15) is 9.90 Å². The Labute approximate surface area is 114 Å². The van der Waals surface area contributed by atoms with Gasteiger partial charge in [-0.25, -0.2) is 0 Å². The second-order valence-electron chi connectivity index (χ2n) is 5.00. The summed E-state index contributed by atoms with van der Waals surface area (Å²) in [7, 11) is 0. The Morgan fingerprint density at radius 1 is 1.53 bits per heavy atom. The minimum absolute atomic E-state index is 0.00832. The largest absolute Gasteiger partial charge is 0.508 e. The van der Waals surface area contributed by atoms with Crippen LogP contribution < -0.4 is 0 Å². The molecule has 1 aliphatic heterocycles. The van der Waals surface area contributed by atoms with Crippen LogP contribution in [0.1, 0.15) is 25.3 Å². The maximum Gasteiger partial charge on any atom is 0.310 e. The van der Waals surface area contributed by atoms with Crippen molar-refractivity contribution in [3.63, 3.8) is 0 Å². The van der Waals surface area contributed by atoms with Gasteiger partial charge in [0.1, 0.15) is 5.75 Å². The predicted octanol–water partition coefficient (Wildman–Crippen LogP) is 2.17. The predicted molar refractivity (Wildman–Crippen MR) is 72.7 cm³/mol. The first-order valence-corrected chi connectivity index (χ1v) is 6.86. The topological polar surface area (TPSA) is 49.8 Å². The number of benzene rings is 1. The lowest BCUT2D eigenvalue weighted by Gasteiger charge is -2.31. The Morgan fingerprint density at radius 3 is 3.11 bits per heavy atom. The smallest absolute Gasteiger partial charge is 0.310 e. The summed E-state index contributed by atoms with van der Waals surface area (Å²) in [6.07, 6.45) is 1.93. The van der Waals surface area contributed by atoms with Gasteiger partial charge in [0.2, 0.25) is 0 Å². The van der Waals surface area contributed by atoms with E-state index in [4.69, 9.17) is 4.74 Å². The van der Waals surface area contributed by atoms with Gasteiger partial charge in [-0.2, -0.15) is 0 Å². The Kier molecular flexibility index (Phi) is 4.80. The van der Waals surface area contributed by atoms with Crippen molar-refractivity contribution >= 4 is 5.97 Å². The third kappa shape index (κ3) is 3.96. The number of phenolic OH excluding ortho intramolecular Hbond substituents is 1. The van der Waals surface area contributed by atoms with Crippen molar-refractivity contribution in [1.29, 1.82) is 0 Å². The number of rotatable bonds is 4. The molecule has 2 rings (SSSR count). The maximum absolute atomic E-state index is 11.8. The number of piperidine rings is 1. The van der Waals surface area contributed by atoms with E-state index in [2.05, 4.69) is 4.90 Å². The minimum atomic E-state index is -0.0805. The second-order valence-corrected chi connectivity index (χ2v) is 5.00. The fourth-order valence-electron chi connectivity index (χ4n) is 2.56. The molecule has 0 amide bonds. The lowest BCUT2D eigenvalue weighted by Crippen LogP contribution is -2.38. The van der Waals surface area contributed by atoms with Crippen LogP contribution in [0.2, 0.25) is 0 Å². The molecular formula is C15H21NO3. The van der Waals surface area contributed by atoms with E-state index in [0.29, 0.717) is 6.61 Å². The molecule has 1 saturated heterocycles. The zero-order chi connectivity index (χ0) is 13.7. The number of likely N-dealkylation sites (tertiary alicyclic amines) is 1. The Morgan fingerprint density at radius 2 is 2.37 bits per heavy atom. The van der Waals surface area contributed by atoms with Crippen molar-refractivity contribution in [3.8, 4) is 5.75 Å². The van der Waals surface area contributed by atoms with Crippen LogP contribution >= 0.6 is 0 Å². The van der Waals surface area contributed by atoms with E-state index < -0.39 is 0 Å². The first kappa shape index (κ1) is 13.9. The Balaban J connectivity index is 1.92. The molecule has 1 aliphatic rings. The summed E-state index contributed by atoms with van der Waals surface area (Å²) in [5.41, 5.74) is 1.07. The van der Waals surface area contributed by atoms with Crippen LogP contribution in [0.15, 0.2) is 24.3 Å². The highest BCUT2D eigenvalue weighted by Gasteiger charge is 2.26. The first-order chi connectivity index (χ1) is 9.19. The molecule has 0 aliphatic carbocycles. The van der Waals surface area contributed by atoms with Crippen molar-refractivity contribution in [2.24, 2.45) is 5.92 Å². The van der Waals surface area contributed by atoms with Gasteiger partial charge in [-0.05, 0) is 44.0 Å². The van der Waals surface area contributed by atoms with Crippen LogP contribution in [-0.2, 0) is 16.1 Å². The van der Waals surface area contributed by atoms with E-state index in [1.54, 1.807) is 12.1 Å². The molecule has 1 fully saturated rings. The number of carbonyl (C=O) groups is 1. The molecule has 0 saturated carbocycles. The van der Waals surface area contributed by atoms with Crippen molar-refractivity contribution in [2.75, 3.05) is 19.7 Å². The van der Waals surface area contributed by atoms with Gasteiger partial charge < -0.3 is 9.84 Å². The van der Waals surface area contributed by atoms with E-state index in [1.807, 2.05) is 19.1 Å². The quantitative estimate of drug-likeness (QED) is 0.846. The molecule has 0 radical (unpaired) electrons. The molecule has 1 N–H and O–H groups in total. The van der Waals surface area contributed by atoms with Gasteiger partial charge >= 0.3 is 5.97 Å². The summed E-state index contributed by atoms with van der Waals surface area (Å²) >= 11 is 0. The second kappa shape index (κ2) is 6.57. The van der Waals surface area contributed by atoms with Gasteiger partial charge in [0, 0.05) is 13.1 Å². The average Bonchev–Trinajstić information content (AvgIpc) is 2.39. The van der Waals surface area contributed by atoms with Crippen LogP contribution in [0.4, 0.5) is 0 Å². The Bertz CT molecular complexity index is 433. The number of esters is 1. The van der Waals surface area contributed by atoms with E-state index in [0.717, 1.165) is 38.0 Å². The van der Waals surface area contributed by atoms with Gasteiger partial charge in [0.15, 0.2) is 0 Å². The lowest BCUT2D eigenvalue weighted by atomic mass is 9.97. The molecule has 0 unspecified atom stereocenters. The summed E-state index contributed by atoms with van der Waals surface area (Å²) in [5.74, 6) is 0.200. The van der Waals surface area contributed by atoms with Crippen LogP contribution in [-0.4, -0.2) is 35.7 Å². The molecule has 1 aromatic carbocycles. The number of phenols is 1. The number of aromatic hydroxyl groups is 1. The molecule has 1 heterocycles. The SMILES string of the molecule is CCOC(=O)[C@H]1CCCN(Cc2cccc(O)c2)C1. The number of hydrogen-bond acceptors (Lipinski definition) is 4. The average molecular weight is 263 g/mol. The maximum atomic E-state index is 11.8. The highest BCUT2D eigenvalue weighted by atomic mass is 16.5. The van der Waals surface area contributed by atoms with Crippen molar-refractivity contribution < 1.29 is 14.6 Å². The molecule has 19 heavy (non-hydrogen) atoms. The zero-order valence-corrected chi connectivity index (χ0v) is 11.3. The van der Waals surface area contributed by atoms with Crippen LogP contribution in [0, 0.1) is 5.92 Å². The standard InChI is InChI=1S/C15H21NO3/c1-2-19-15(18)13-6-4-8-16(11-13)10-12-5-3-7-14(17)9-12/h3,5,7,9,13,17H,2,4,6,8,10-11H2,1H3/t13-/m0/s1. The number of ether oxygens (including phenoxy) is 1. The summed E-state index contributed by atoms with van der Waals surface area (Å²) in [5, 5.41) is 9.46. The van der Waals surface area contributed by atoms with Gasteiger partial charge in [-0.1, -0.05) is 12.1 Å². The summed E-state index contributed by atoms with van der Waals surface area (Å²) in [4.78, 5) is 14.0. The number of hydrogen-bond donors (Lipinski definition) is 1. The molecule has 104 valence electrons. The van der Waals surface area contributed by atoms with Crippen molar-refractivity contribution in [1.82, 2.24) is 4.90 Å². The third-order valence-electron chi connectivity index (χ3n) is 3.44. The van der Waals surface area contributed by atoms with E-state index in [-0.39, 0.29) is 17.6 Å². The highest BCUT2D eigenvalue weighted by molar-refractivity contribution is 5.72. The fraction of sp³-hybridized carbons (Fsp3) is 0.533. The van der Waals surface area contributed by atoms with Crippen LogP contribution in [0.25, 0.3) is 0 Å². The lowest BCUT2D eigenvalue weighted by molar-refractivity contribution is -0.150. The number of nitrogens with zero attached hydrogens (tertiary/aromatic N) is 1. The van der Waals surface area contributed by atoms with Gasteiger partial charge in [-0.15, -0.1) is 0 Å². The molecule has 1 aromatic rings. The molecule has 4 nitrogen and oxygen atoms in total. The summed E-state index contributed by atoms with van der Waals surface area (Å²) < 4.78 is 5.09. The van der Waals surface area contributed by atoms with Gasteiger partial charge in [0.05, 0.1) is 12.5 Å². The van der Waals surface area contributed by atoms with E-state index in [1.165, 1.54) is 0 Å². The van der Waals surface area contributed by atoms with Crippen molar-refractivity contribution in [2.45, 2.75) is 26.3 Å². The third-order valence-corrected chi connectivity index (χ3v) is 3.44. The van der Waals surface area contributed by atoms with Crippen LogP contribution in [0.5, 0.6) is 5.75 Å². The molecule has 0 bridgehead atoms. The normalized spacial score (nSPS) is 20.2. The summed E-state index contributed by atoms with van der Waals surface area (Å²) in [6.45, 7) is 4.79. The highest BCUT2D eigenvalue weighted by Crippen LogP contribution is 2.21. The summed E-state index contributed by atoms with van der Waals surface area (Å²) in [6, 6.07) is 7.28. The van der Waals surface area contributed by atoms with E-state index >= 15 is 0 Å². The molecule has 0 spiro atoms. The van der Waals surface area contributed by atoms with Crippen LogP contribution in [0.3, 0.4) is 0 Å². The Hall–Kier alpha value is -1.55. The first-order valence-electron chi connectivity index (χ1n) is 6.86. The number of carbonyl (C=O) groups excluding carboxylic acids is 1. The molecule has 1 atom stereocenters.